The summed E-state index contributed by atoms with van der Waals surface area (Å²) in [5, 5.41) is 3.37. The van der Waals surface area contributed by atoms with Gasteiger partial charge in [-0.3, -0.25) is 0 Å². The van der Waals surface area contributed by atoms with Crippen LogP contribution in [0.25, 0.3) is 0 Å². The van der Waals surface area contributed by atoms with Crippen LogP contribution in [0.15, 0.2) is 18.3 Å². The lowest BCUT2D eigenvalue weighted by Gasteiger charge is -2.19. The number of hydrogen-bond donors (Lipinski definition) is 1. The van der Waals surface area contributed by atoms with Gasteiger partial charge in [-0.05, 0) is 25.5 Å². The van der Waals surface area contributed by atoms with Crippen LogP contribution in [-0.4, -0.2) is 31.3 Å². The Bertz CT molecular complexity index is 312. The Kier molecular flexibility index (Phi) is 6.40. The SMILES string of the molecule is CCCC(COC)Nc1ncccc1OCC. The minimum absolute atomic E-state index is 0.277. The number of nitrogens with one attached hydrogen (secondary N) is 1. The van der Waals surface area contributed by atoms with Crippen molar-refractivity contribution in [2.24, 2.45) is 0 Å². The number of pyridine rings is 1. The Morgan fingerprint density at radius 1 is 1.41 bits per heavy atom. The lowest BCUT2D eigenvalue weighted by Crippen LogP contribution is -2.25. The van der Waals surface area contributed by atoms with E-state index >= 15 is 0 Å². The van der Waals surface area contributed by atoms with Gasteiger partial charge in [0, 0.05) is 13.3 Å². The van der Waals surface area contributed by atoms with Crippen LogP contribution in [-0.2, 0) is 4.74 Å². The molecular weight excluding hydrogens is 216 g/mol. The number of rotatable bonds is 8. The maximum atomic E-state index is 5.53. The number of nitrogens with zero attached hydrogens (tertiary/aromatic N) is 1. The van der Waals surface area contributed by atoms with Crippen molar-refractivity contribution >= 4 is 5.82 Å². The highest BCUT2D eigenvalue weighted by molar-refractivity contribution is 5.50. The van der Waals surface area contributed by atoms with Crippen LogP contribution < -0.4 is 10.1 Å². The van der Waals surface area contributed by atoms with Crippen LogP contribution >= 0.6 is 0 Å². The van der Waals surface area contributed by atoms with Gasteiger partial charge in [-0.15, -0.1) is 0 Å². The van der Waals surface area contributed by atoms with Crippen molar-refractivity contribution in [1.82, 2.24) is 4.98 Å². The number of anilines is 1. The maximum absolute atomic E-state index is 5.53. The fourth-order valence-corrected chi connectivity index (χ4v) is 1.71. The van der Waals surface area contributed by atoms with Gasteiger partial charge in [-0.1, -0.05) is 13.3 Å². The summed E-state index contributed by atoms with van der Waals surface area (Å²) < 4.78 is 10.7. The molecule has 17 heavy (non-hydrogen) atoms. The molecule has 0 radical (unpaired) electrons. The van der Waals surface area contributed by atoms with Crippen molar-refractivity contribution < 1.29 is 9.47 Å². The van der Waals surface area contributed by atoms with E-state index in [1.807, 2.05) is 19.1 Å². The van der Waals surface area contributed by atoms with E-state index in [1.165, 1.54) is 0 Å². The average Bonchev–Trinajstić information content (AvgIpc) is 2.33. The minimum atomic E-state index is 0.277. The molecule has 0 aromatic carbocycles. The van der Waals surface area contributed by atoms with Crippen molar-refractivity contribution in [2.75, 3.05) is 25.6 Å². The van der Waals surface area contributed by atoms with Crippen LogP contribution in [0.2, 0.25) is 0 Å². The standard InChI is InChI=1S/C13H22N2O2/c1-4-7-11(10-16-3)15-13-12(17-5-2)8-6-9-14-13/h6,8-9,11H,4-5,7,10H2,1-3H3,(H,14,15). The van der Waals surface area contributed by atoms with Gasteiger partial charge in [-0.2, -0.15) is 0 Å². The molecule has 4 nitrogen and oxygen atoms in total. The molecule has 0 bridgehead atoms. The summed E-state index contributed by atoms with van der Waals surface area (Å²) >= 11 is 0. The van der Waals surface area contributed by atoms with E-state index in [9.17, 15) is 0 Å². The second-order valence-corrected chi connectivity index (χ2v) is 3.87. The summed E-state index contributed by atoms with van der Waals surface area (Å²) in [5.41, 5.74) is 0. The van der Waals surface area contributed by atoms with E-state index in [4.69, 9.17) is 9.47 Å². The Balaban J connectivity index is 2.69. The van der Waals surface area contributed by atoms with Crippen molar-refractivity contribution in [1.29, 1.82) is 0 Å². The van der Waals surface area contributed by atoms with E-state index in [1.54, 1.807) is 13.3 Å². The summed E-state index contributed by atoms with van der Waals surface area (Å²) in [4.78, 5) is 4.31. The molecule has 0 aliphatic rings. The molecule has 1 unspecified atom stereocenters. The molecule has 1 heterocycles. The van der Waals surface area contributed by atoms with Crippen LogP contribution in [0.1, 0.15) is 26.7 Å². The van der Waals surface area contributed by atoms with Crippen molar-refractivity contribution in [3.63, 3.8) is 0 Å². The van der Waals surface area contributed by atoms with Gasteiger partial charge in [0.2, 0.25) is 0 Å². The summed E-state index contributed by atoms with van der Waals surface area (Å²) in [6, 6.07) is 4.08. The summed E-state index contributed by atoms with van der Waals surface area (Å²) in [6.07, 6.45) is 3.93. The predicted octanol–water partition coefficient (Wildman–Crippen LogP) is 2.71. The predicted molar refractivity (Wildman–Crippen MR) is 69.6 cm³/mol. The van der Waals surface area contributed by atoms with Crippen molar-refractivity contribution in [3.05, 3.63) is 18.3 Å². The third-order valence-electron chi connectivity index (χ3n) is 2.42. The Labute approximate surface area is 103 Å². The molecule has 0 amide bonds. The molecule has 1 aromatic heterocycles. The van der Waals surface area contributed by atoms with Crippen molar-refractivity contribution in [2.45, 2.75) is 32.7 Å². The van der Waals surface area contributed by atoms with Crippen LogP contribution in [0.4, 0.5) is 5.82 Å². The third kappa shape index (κ3) is 4.61. The quantitative estimate of drug-likeness (QED) is 0.756. The number of methoxy groups -OCH3 is 1. The fourth-order valence-electron chi connectivity index (χ4n) is 1.71. The fraction of sp³-hybridized carbons (Fsp3) is 0.615. The third-order valence-corrected chi connectivity index (χ3v) is 2.42. The molecule has 0 aliphatic heterocycles. The van der Waals surface area contributed by atoms with E-state index < -0.39 is 0 Å². The monoisotopic (exact) mass is 238 g/mol. The van der Waals surface area contributed by atoms with E-state index in [2.05, 4.69) is 17.2 Å². The van der Waals surface area contributed by atoms with Gasteiger partial charge in [0.25, 0.3) is 0 Å². The zero-order valence-corrected chi connectivity index (χ0v) is 10.9. The smallest absolute Gasteiger partial charge is 0.169 e. The first kappa shape index (κ1) is 13.8. The minimum Gasteiger partial charge on any atom is -0.490 e. The van der Waals surface area contributed by atoms with Gasteiger partial charge < -0.3 is 14.8 Å². The van der Waals surface area contributed by atoms with E-state index in [0.717, 1.165) is 24.4 Å². The van der Waals surface area contributed by atoms with E-state index in [-0.39, 0.29) is 6.04 Å². The second kappa shape index (κ2) is 7.90. The molecule has 1 N–H and O–H groups in total. The first-order chi connectivity index (χ1) is 8.31. The molecule has 1 rings (SSSR count). The number of aromatic nitrogens is 1. The molecule has 0 fully saturated rings. The Hall–Kier alpha value is -1.29. The van der Waals surface area contributed by atoms with Gasteiger partial charge in [0.05, 0.1) is 19.3 Å². The number of hydrogen-bond acceptors (Lipinski definition) is 4. The highest BCUT2D eigenvalue weighted by Crippen LogP contribution is 2.22. The Morgan fingerprint density at radius 3 is 2.88 bits per heavy atom. The summed E-state index contributed by atoms with van der Waals surface area (Å²) in [5.74, 6) is 1.59. The molecule has 0 saturated carbocycles. The maximum Gasteiger partial charge on any atom is 0.169 e. The molecule has 0 aliphatic carbocycles. The van der Waals surface area contributed by atoms with Crippen molar-refractivity contribution in [3.8, 4) is 5.75 Å². The number of ether oxygens (including phenoxy) is 2. The summed E-state index contributed by atoms with van der Waals surface area (Å²) in [6.45, 7) is 5.45. The highest BCUT2D eigenvalue weighted by atomic mass is 16.5. The molecular formula is C13H22N2O2. The van der Waals surface area contributed by atoms with E-state index in [0.29, 0.717) is 13.2 Å². The highest BCUT2D eigenvalue weighted by Gasteiger charge is 2.11. The zero-order valence-electron chi connectivity index (χ0n) is 10.9. The largest absolute Gasteiger partial charge is 0.490 e. The molecule has 4 heteroatoms. The van der Waals surface area contributed by atoms with Gasteiger partial charge in [0.1, 0.15) is 0 Å². The topological polar surface area (TPSA) is 43.4 Å². The lowest BCUT2D eigenvalue weighted by molar-refractivity contribution is 0.182. The molecule has 1 aromatic rings. The Morgan fingerprint density at radius 2 is 2.24 bits per heavy atom. The molecule has 0 saturated heterocycles. The molecule has 96 valence electrons. The second-order valence-electron chi connectivity index (χ2n) is 3.87. The normalized spacial score (nSPS) is 12.2. The van der Waals surface area contributed by atoms with Gasteiger partial charge in [0.15, 0.2) is 11.6 Å². The summed E-state index contributed by atoms with van der Waals surface area (Å²) in [7, 11) is 1.71. The first-order valence-corrected chi connectivity index (χ1v) is 6.15. The first-order valence-electron chi connectivity index (χ1n) is 6.15. The van der Waals surface area contributed by atoms with Crippen LogP contribution in [0, 0.1) is 0 Å². The van der Waals surface area contributed by atoms with Crippen LogP contribution in [0.3, 0.4) is 0 Å². The molecule has 1 atom stereocenters. The van der Waals surface area contributed by atoms with Gasteiger partial charge >= 0.3 is 0 Å². The average molecular weight is 238 g/mol. The lowest BCUT2D eigenvalue weighted by atomic mass is 10.2. The molecule has 0 spiro atoms. The zero-order chi connectivity index (χ0) is 12.5. The van der Waals surface area contributed by atoms with Crippen LogP contribution in [0.5, 0.6) is 5.75 Å². The van der Waals surface area contributed by atoms with Gasteiger partial charge in [-0.25, -0.2) is 4.98 Å².